The van der Waals surface area contributed by atoms with Crippen molar-refractivity contribution in [1.82, 2.24) is 9.55 Å². The lowest BCUT2D eigenvalue weighted by atomic mass is 9.84. The number of ether oxygens (including phenoxy) is 1. The fourth-order valence-corrected chi connectivity index (χ4v) is 3.17. The molecule has 4 heteroatoms. The molecular weight excluding hydrogens is 250 g/mol. The lowest BCUT2D eigenvalue weighted by Gasteiger charge is -2.29. The summed E-state index contributed by atoms with van der Waals surface area (Å²) in [6.07, 6.45) is 9.86. The van der Waals surface area contributed by atoms with E-state index in [0.717, 1.165) is 37.1 Å². The third-order valence-electron chi connectivity index (χ3n) is 4.45. The summed E-state index contributed by atoms with van der Waals surface area (Å²) in [6, 6.07) is 0.629. The average Bonchev–Trinajstić information content (AvgIpc) is 2.85. The topological polar surface area (TPSA) is 39.1 Å². The van der Waals surface area contributed by atoms with Crippen LogP contribution in [0.15, 0.2) is 6.20 Å². The number of imidazole rings is 1. The minimum absolute atomic E-state index is 0.629. The Bertz CT molecular complexity index is 394. The van der Waals surface area contributed by atoms with Gasteiger partial charge in [-0.15, -0.1) is 0 Å². The highest BCUT2D eigenvalue weighted by Crippen LogP contribution is 2.35. The number of hydrogen-bond donors (Lipinski definition) is 1. The van der Waals surface area contributed by atoms with Crippen molar-refractivity contribution in [2.24, 2.45) is 5.92 Å². The Hall–Kier alpha value is -1.03. The lowest BCUT2D eigenvalue weighted by molar-refractivity contribution is 0.197. The minimum Gasteiger partial charge on any atom is -0.385 e. The van der Waals surface area contributed by atoms with E-state index in [1.165, 1.54) is 32.1 Å². The van der Waals surface area contributed by atoms with E-state index >= 15 is 0 Å². The fourth-order valence-electron chi connectivity index (χ4n) is 3.17. The summed E-state index contributed by atoms with van der Waals surface area (Å²) in [7, 11) is 1.75. The Kier molecular flexibility index (Phi) is 5.89. The molecule has 4 nitrogen and oxygen atoms in total. The normalized spacial score (nSPS) is 22.9. The maximum atomic E-state index is 5.09. The lowest BCUT2D eigenvalue weighted by Crippen LogP contribution is -2.19. The molecule has 0 saturated heterocycles. The van der Waals surface area contributed by atoms with Gasteiger partial charge in [-0.3, -0.25) is 0 Å². The molecule has 0 radical (unpaired) electrons. The van der Waals surface area contributed by atoms with Gasteiger partial charge in [-0.25, -0.2) is 4.98 Å². The van der Waals surface area contributed by atoms with Crippen molar-refractivity contribution in [2.45, 2.75) is 58.4 Å². The third-order valence-corrected chi connectivity index (χ3v) is 4.45. The van der Waals surface area contributed by atoms with Crippen molar-refractivity contribution in [3.63, 3.8) is 0 Å². The van der Waals surface area contributed by atoms with Gasteiger partial charge in [0, 0.05) is 32.5 Å². The molecule has 2 rings (SSSR count). The summed E-state index contributed by atoms with van der Waals surface area (Å²) in [6.45, 7) is 6.12. The number of aromatic nitrogens is 2. The molecule has 1 N–H and O–H groups in total. The van der Waals surface area contributed by atoms with Gasteiger partial charge in [-0.2, -0.15) is 0 Å². The third kappa shape index (κ3) is 3.98. The highest BCUT2D eigenvalue weighted by Gasteiger charge is 2.23. The largest absolute Gasteiger partial charge is 0.385 e. The van der Waals surface area contributed by atoms with Crippen LogP contribution in [-0.4, -0.2) is 29.8 Å². The first-order valence-corrected chi connectivity index (χ1v) is 8.02. The first-order chi connectivity index (χ1) is 9.74. The van der Waals surface area contributed by atoms with Crippen LogP contribution in [0, 0.1) is 12.8 Å². The van der Waals surface area contributed by atoms with Crippen LogP contribution >= 0.6 is 0 Å². The van der Waals surface area contributed by atoms with Crippen LogP contribution in [0.3, 0.4) is 0 Å². The van der Waals surface area contributed by atoms with Crippen molar-refractivity contribution in [2.75, 3.05) is 25.6 Å². The molecule has 1 aliphatic carbocycles. The number of nitrogens with zero attached hydrogens (tertiary/aromatic N) is 2. The molecule has 0 amide bonds. The van der Waals surface area contributed by atoms with Crippen LogP contribution in [-0.2, 0) is 4.74 Å². The van der Waals surface area contributed by atoms with Gasteiger partial charge >= 0.3 is 0 Å². The van der Waals surface area contributed by atoms with Crippen LogP contribution in [0.1, 0.15) is 57.2 Å². The van der Waals surface area contributed by atoms with Crippen LogP contribution in [0.2, 0.25) is 0 Å². The molecule has 1 fully saturated rings. The Morgan fingerprint density at radius 3 is 2.75 bits per heavy atom. The number of rotatable bonds is 7. The van der Waals surface area contributed by atoms with Crippen LogP contribution in [0.5, 0.6) is 0 Å². The zero-order chi connectivity index (χ0) is 14.4. The minimum atomic E-state index is 0.629. The summed E-state index contributed by atoms with van der Waals surface area (Å²) in [4.78, 5) is 4.63. The molecule has 0 bridgehead atoms. The monoisotopic (exact) mass is 279 g/mol. The summed E-state index contributed by atoms with van der Waals surface area (Å²) in [5, 5.41) is 3.46. The van der Waals surface area contributed by atoms with E-state index in [4.69, 9.17) is 4.74 Å². The average molecular weight is 279 g/mol. The molecule has 20 heavy (non-hydrogen) atoms. The predicted molar refractivity (Wildman–Crippen MR) is 83.2 cm³/mol. The number of methoxy groups -OCH3 is 1. The highest BCUT2D eigenvalue weighted by molar-refractivity contribution is 5.29. The van der Waals surface area contributed by atoms with Gasteiger partial charge < -0.3 is 14.6 Å². The molecule has 1 aliphatic rings. The van der Waals surface area contributed by atoms with Gasteiger partial charge in [0.25, 0.3) is 0 Å². The van der Waals surface area contributed by atoms with Crippen molar-refractivity contribution in [3.05, 3.63) is 11.9 Å². The second-order valence-corrected chi connectivity index (χ2v) is 5.97. The molecule has 114 valence electrons. The van der Waals surface area contributed by atoms with Crippen molar-refractivity contribution in [1.29, 1.82) is 0 Å². The van der Waals surface area contributed by atoms with E-state index in [-0.39, 0.29) is 0 Å². The number of aryl methyl sites for hydroxylation is 1. The van der Waals surface area contributed by atoms with E-state index in [0.29, 0.717) is 6.04 Å². The maximum absolute atomic E-state index is 5.09. The molecule has 1 saturated carbocycles. The quantitative estimate of drug-likeness (QED) is 0.772. The van der Waals surface area contributed by atoms with E-state index in [2.05, 4.69) is 34.9 Å². The first-order valence-electron chi connectivity index (χ1n) is 8.02. The molecule has 1 heterocycles. The number of hydrogen-bond acceptors (Lipinski definition) is 3. The highest BCUT2D eigenvalue weighted by atomic mass is 16.5. The molecule has 0 atom stereocenters. The standard InChI is InChI=1S/C16H29N3O/c1-4-14-6-8-15(9-7-14)19-12-13(2)18-16(19)17-10-5-11-20-3/h12,14-15H,4-11H2,1-3H3,(H,17,18). The van der Waals surface area contributed by atoms with Gasteiger partial charge in [-0.1, -0.05) is 13.3 Å². The smallest absolute Gasteiger partial charge is 0.203 e. The number of nitrogens with one attached hydrogen (secondary N) is 1. The summed E-state index contributed by atoms with van der Waals surface area (Å²) >= 11 is 0. The second kappa shape index (κ2) is 7.67. The van der Waals surface area contributed by atoms with Crippen molar-refractivity contribution in [3.8, 4) is 0 Å². The van der Waals surface area contributed by atoms with E-state index < -0.39 is 0 Å². The molecule has 0 spiro atoms. The molecule has 0 aromatic carbocycles. The predicted octanol–water partition coefficient (Wildman–Crippen LogP) is 3.78. The summed E-state index contributed by atoms with van der Waals surface area (Å²) < 4.78 is 7.46. The Morgan fingerprint density at radius 1 is 1.35 bits per heavy atom. The van der Waals surface area contributed by atoms with Crippen LogP contribution < -0.4 is 5.32 Å². The van der Waals surface area contributed by atoms with Gasteiger partial charge in [0.1, 0.15) is 0 Å². The van der Waals surface area contributed by atoms with Gasteiger partial charge in [0.2, 0.25) is 5.95 Å². The van der Waals surface area contributed by atoms with E-state index in [1.807, 2.05) is 0 Å². The molecule has 0 unspecified atom stereocenters. The Morgan fingerprint density at radius 2 is 2.10 bits per heavy atom. The van der Waals surface area contributed by atoms with Gasteiger partial charge in [0.05, 0.1) is 5.69 Å². The van der Waals surface area contributed by atoms with Gasteiger partial charge in [-0.05, 0) is 44.9 Å². The van der Waals surface area contributed by atoms with E-state index in [1.54, 1.807) is 7.11 Å². The molecule has 1 aromatic rings. The van der Waals surface area contributed by atoms with Gasteiger partial charge in [0.15, 0.2) is 0 Å². The van der Waals surface area contributed by atoms with Crippen LogP contribution in [0.4, 0.5) is 5.95 Å². The summed E-state index contributed by atoms with van der Waals surface area (Å²) in [5.74, 6) is 1.98. The van der Waals surface area contributed by atoms with Crippen molar-refractivity contribution < 1.29 is 4.74 Å². The van der Waals surface area contributed by atoms with Crippen LogP contribution in [0.25, 0.3) is 0 Å². The first kappa shape index (κ1) is 15.4. The van der Waals surface area contributed by atoms with Crippen molar-refractivity contribution >= 4 is 5.95 Å². The fraction of sp³-hybridized carbons (Fsp3) is 0.812. The maximum Gasteiger partial charge on any atom is 0.203 e. The number of anilines is 1. The zero-order valence-electron chi connectivity index (χ0n) is 13.2. The zero-order valence-corrected chi connectivity index (χ0v) is 13.2. The molecule has 0 aliphatic heterocycles. The van der Waals surface area contributed by atoms with E-state index in [9.17, 15) is 0 Å². The summed E-state index contributed by atoms with van der Waals surface area (Å²) in [5.41, 5.74) is 1.11. The Balaban J connectivity index is 1.93. The Labute approximate surface area is 122 Å². The second-order valence-electron chi connectivity index (χ2n) is 5.97. The SMILES string of the molecule is CCC1CCC(n2cc(C)nc2NCCCOC)CC1. The molecule has 1 aromatic heterocycles. The molecular formula is C16H29N3O.